The van der Waals surface area contributed by atoms with Crippen LogP contribution in [-0.2, 0) is 12.8 Å². The van der Waals surface area contributed by atoms with Crippen molar-refractivity contribution < 1.29 is 0 Å². The Hall–Kier alpha value is -4.68. The fourth-order valence-corrected chi connectivity index (χ4v) is 9.60. The van der Waals surface area contributed by atoms with Crippen LogP contribution in [0.25, 0.3) is 65.7 Å². The van der Waals surface area contributed by atoms with Gasteiger partial charge in [-0.1, -0.05) is 239 Å². The monoisotopic (exact) mass is 793 g/mol. The van der Waals surface area contributed by atoms with Crippen molar-refractivity contribution in [3.8, 4) is 33.4 Å². The van der Waals surface area contributed by atoms with Gasteiger partial charge in [-0.2, -0.15) is 0 Å². The molecule has 312 valence electrons. The summed E-state index contributed by atoms with van der Waals surface area (Å²) in [6.07, 6.45) is 25.0. The molecule has 60 heavy (non-hydrogen) atoms. The molecular weight excluding hydrogens is 721 g/mol. The Morgan fingerprint density at radius 2 is 0.800 bits per heavy atom. The average Bonchev–Trinajstić information content (AvgIpc) is 3.29. The Bertz CT molecular complexity index is 2400. The standard InChI is InChI=1S/C60H72/c1-5-8-10-12-14-16-18-21-25-46-30-40-56-57(41-46)59(50-33-31-49(32-34-50)48-27-23-20-24-28-48)55-39-29-47(26-22-19-17-15-13-11-9-6-2)42-58(55)60(56)54-38-37-52-43-51(45(4)7-3)35-36-53(52)44-54/h20,23-24,27-45H,5-19,21-22,25-26H2,1-4H3. The van der Waals surface area contributed by atoms with Crippen LogP contribution >= 0.6 is 0 Å². The van der Waals surface area contributed by atoms with E-state index in [1.807, 2.05) is 0 Å². The van der Waals surface area contributed by atoms with E-state index in [1.54, 1.807) is 0 Å². The average molecular weight is 793 g/mol. The second-order valence-corrected chi connectivity index (χ2v) is 18.0. The topological polar surface area (TPSA) is 0 Å². The highest BCUT2D eigenvalue weighted by molar-refractivity contribution is 6.22. The molecule has 0 amide bonds. The summed E-state index contributed by atoms with van der Waals surface area (Å²) in [4.78, 5) is 0. The third-order valence-electron chi connectivity index (χ3n) is 13.5. The summed E-state index contributed by atoms with van der Waals surface area (Å²) in [5, 5.41) is 8.15. The van der Waals surface area contributed by atoms with E-state index in [9.17, 15) is 0 Å². The molecule has 0 fully saturated rings. The van der Waals surface area contributed by atoms with Gasteiger partial charge in [0.1, 0.15) is 0 Å². The number of fused-ring (bicyclic) bond motifs is 3. The number of hydrogen-bond acceptors (Lipinski definition) is 0. The van der Waals surface area contributed by atoms with Crippen molar-refractivity contribution in [2.75, 3.05) is 0 Å². The van der Waals surface area contributed by atoms with Gasteiger partial charge in [0, 0.05) is 0 Å². The summed E-state index contributed by atoms with van der Waals surface area (Å²) < 4.78 is 0. The molecule has 0 saturated heterocycles. The molecule has 0 nitrogen and oxygen atoms in total. The third kappa shape index (κ3) is 11.0. The fraction of sp³-hybridized carbons (Fsp3) is 0.400. The van der Waals surface area contributed by atoms with Crippen LogP contribution in [0.15, 0.2) is 127 Å². The number of rotatable bonds is 23. The Labute approximate surface area is 363 Å². The SMILES string of the molecule is CCCCCCCCCCc1ccc2c(-c3ccc4cc(C(C)CC)ccc4c3)c3cc(CCCCCCCCCC)ccc3c(-c3ccc(-c4ccccc4)cc3)c2c1. The van der Waals surface area contributed by atoms with Crippen LogP contribution in [-0.4, -0.2) is 0 Å². The normalized spacial score (nSPS) is 12.2. The number of unbranched alkanes of at least 4 members (excludes halogenated alkanes) is 14. The lowest BCUT2D eigenvalue weighted by atomic mass is 9.83. The van der Waals surface area contributed by atoms with E-state index in [0.717, 1.165) is 19.3 Å². The fourth-order valence-electron chi connectivity index (χ4n) is 9.60. The summed E-state index contributed by atoms with van der Waals surface area (Å²) in [6, 6.07) is 49.6. The Morgan fingerprint density at radius 3 is 1.35 bits per heavy atom. The zero-order chi connectivity index (χ0) is 41.5. The lowest BCUT2D eigenvalue weighted by Gasteiger charge is -2.20. The van der Waals surface area contributed by atoms with Gasteiger partial charge in [-0.3, -0.25) is 0 Å². The van der Waals surface area contributed by atoms with E-state index in [2.05, 4.69) is 155 Å². The molecule has 1 atom stereocenters. The summed E-state index contributed by atoms with van der Waals surface area (Å²) in [5.41, 5.74) is 12.3. The van der Waals surface area contributed by atoms with Crippen molar-refractivity contribution in [1.82, 2.24) is 0 Å². The molecule has 0 spiro atoms. The van der Waals surface area contributed by atoms with Crippen LogP contribution in [0, 0.1) is 0 Å². The first-order valence-corrected chi connectivity index (χ1v) is 24.3. The molecule has 7 aromatic rings. The maximum atomic E-state index is 2.57. The first kappa shape index (κ1) is 43.4. The number of aryl methyl sites for hydroxylation is 2. The Balaban J connectivity index is 1.32. The molecule has 0 heterocycles. The van der Waals surface area contributed by atoms with Gasteiger partial charge in [-0.15, -0.1) is 0 Å². The van der Waals surface area contributed by atoms with Crippen molar-refractivity contribution >= 4 is 32.3 Å². The van der Waals surface area contributed by atoms with Crippen molar-refractivity contribution in [2.45, 2.75) is 156 Å². The van der Waals surface area contributed by atoms with E-state index in [0.29, 0.717) is 5.92 Å². The van der Waals surface area contributed by atoms with Gasteiger partial charge in [-0.05, 0) is 126 Å². The van der Waals surface area contributed by atoms with Crippen molar-refractivity contribution in [1.29, 1.82) is 0 Å². The van der Waals surface area contributed by atoms with E-state index >= 15 is 0 Å². The highest BCUT2D eigenvalue weighted by Gasteiger charge is 2.19. The molecule has 1 unspecified atom stereocenters. The second kappa shape index (κ2) is 22.2. The van der Waals surface area contributed by atoms with Crippen LogP contribution in [0.1, 0.15) is 159 Å². The highest BCUT2D eigenvalue weighted by Crippen LogP contribution is 2.45. The summed E-state index contributed by atoms with van der Waals surface area (Å²) >= 11 is 0. The maximum absolute atomic E-state index is 2.57. The molecule has 0 aromatic heterocycles. The molecule has 0 N–H and O–H groups in total. The van der Waals surface area contributed by atoms with Gasteiger partial charge in [0.15, 0.2) is 0 Å². The van der Waals surface area contributed by atoms with Crippen LogP contribution in [0.3, 0.4) is 0 Å². The first-order valence-electron chi connectivity index (χ1n) is 24.3. The third-order valence-corrected chi connectivity index (χ3v) is 13.5. The molecule has 0 radical (unpaired) electrons. The van der Waals surface area contributed by atoms with Crippen molar-refractivity contribution in [3.05, 3.63) is 144 Å². The Kier molecular flexibility index (Phi) is 16.1. The van der Waals surface area contributed by atoms with E-state index in [4.69, 9.17) is 0 Å². The number of benzene rings is 7. The van der Waals surface area contributed by atoms with Gasteiger partial charge in [0.05, 0.1) is 0 Å². The van der Waals surface area contributed by atoms with E-state index in [-0.39, 0.29) is 0 Å². The maximum Gasteiger partial charge on any atom is -0.00260 e. The highest BCUT2D eigenvalue weighted by atomic mass is 14.2. The van der Waals surface area contributed by atoms with Gasteiger partial charge >= 0.3 is 0 Å². The molecule has 0 saturated carbocycles. The smallest absolute Gasteiger partial charge is 0.00260 e. The molecule has 0 aliphatic heterocycles. The van der Waals surface area contributed by atoms with Gasteiger partial charge in [-0.25, -0.2) is 0 Å². The van der Waals surface area contributed by atoms with Crippen molar-refractivity contribution in [2.24, 2.45) is 0 Å². The summed E-state index contributed by atoms with van der Waals surface area (Å²) in [7, 11) is 0. The quantitative estimate of drug-likeness (QED) is 0.0447. The molecule has 0 bridgehead atoms. The van der Waals surface area contributed by atoms with Crippen LogP contribution in [0.4, 0.5) is 0 Å². The molecule has 7 rings (SSSR count). The molecule has 0 aliphatic carbocycles. The summed E-state index contributed by atoms with van der Waals surface area (Å²) in [6.45, 7) is 9.25. The molecule has 7 aromatic carbocycles. The minimum atomic E-state index is 0.565. The molecule has 0 aliphatic rings. The second-order valence-electron chi connectivity index (χ2n) is 18.0. The van der Waals surface area contributed by atoms with Crippen LogP contribution in [0.2, 0.25) is 0 Å². The summed E-state index contributed by atoms with van der Waals surface area (Å²) in [5.74, 6) is 0.565. The lowest BCUT2D eigenvalue weighted by molar-refractivity contribution is 0.575. The minimum Gasteiger partial charge on any atom is -0.0654 e. The van der Waals surface area contributed by atoms with Gasteiger partial charge in [0.2, 0.25) is 0 Å². The minimum absolute atomic E-state index is 0.565. The molecular formula is C60H72. The van der Waals surface area contributed by atoms with Gasteiger partial charge in [0.25, 0.3) is 0 Å². The van der Waals surface area contributed by atoms with Gasteiger partial charge < -0.3 is 0 Å². The Morgan fingerprint density at radius 1 is 0.350 bits per heavy atom. The van der Waals surface area contributed by atoms with E-state index < -0.39 is 0 Å². The van der Waals surface area contributed by atoms with E-state index in [1.165, 1.54) is 185 Å². The van der Waals surface area contributed by atoms with Crippen LogP contribution in [0.5, 0.6) is 0 Å². The zero-order valence-electron chi connectivity index (χ0n) is 37.6. The first-order chi connectivity index (χ1) is 29.6. The predicted octanol–water partition coefficient (Wildman–Crippen LogP) is 19.0. The lowest BCUT2D eigenvalue weighted by Crippen LogP contribution is -1.95. The van der Waals surface area contributed by atoms with Crippen LogP contribution < -0.4 is 0 Å². The van der Waals surface area contributed by atoms with Crippen molar-refractivity contribution in [3.63, 3.8) is 0 Å². The predicted molar refractivity (Wildman–Crippen MR) is 267 cm³/mol. The molecule has 0 heteroatoms. The zero-order valence-corrected chi connectivity index (χ0v) is 37.6. The largest absolute Gasteiger partial charge is 0.0654 e. The number of hydrogen-bond donors (Lipinski definition) is 0.